The molecule has 0 aliphatic heterocycles. The van der Waals surface area contributed by atoms with Crippen molar-refractivity contribution in [3.63, 3.8) is 0 Å². The number of benzene rings is 2. The first-order chi connectivity index (χ1) is 14.8. The van der Waals surface area contributed by atoms with Crippen molar-refractivity contribution in [2.75, 3.05) is 0 Å². The highest BCUT2D eigenvalue weighted by molar-refractivity contribution is 6.05. The lowest BCUT2D eigenvalue weighted by molar-refractivity contribution is -0.139. The predicted molar refractivity (Wildman–Crippen MR) is 111 cm³/mol. The van der Waals surface area contributed by atoms with Crippen molar-refractivity contribution in [2.24, 2.45) is 5.92 Å². The Labute approximate surface area is 177 Å². The van der Waals surface area contributed by atoms with E-state index < -0.39 is 29.4 Å². The first-order valence-corrected chi connectivity index (χ1v) is 10.3. The average molecular weight is 427 g/mol. The molecule has 1 aliphatic carbocycles. The molecule has 5 nitrogen and oxygen atoms in total. The fraction of sp³-hybridized carbons (Fsp3) is 0.333. The second-order valence-electron chi connectivity index (χ2n) is 8.25. The molecule has 0 bridgehead atoms. The number of carbonyl (C=O) groups is 2. The minimum atomic E-state index is -1.14. The number of aromatic hydroxyl groups is 1. The lowest BCUT2D eigenvalue weighted by Crippen LogP contribution is -2.18. The number of phenolic OH excluding ortho intramolecular Hbond substituents is 1. The van der Waals surface area contributed by atoms with E-state index in [4.69, 9.17) is 0 Å². The third kappa shape index (κ3) is 3.80. The summed E-state index contributed by atoms with van der Waals surface area (Å²) < 4.78 is 28.4. The molecule has 2 N–H and O–H groups in total. The van der Waals surface area contributed by atoms with Crippen LogP contribution in [0.1, 0.15) is 59.6 Å². The molecule has 1 heterocycles. The van der Waals surface area contributed by atoms with E-state index in [2.05, 4.69) is 0 Å². The van der Waals surface area contributed by atoms with Crippen molar-refractivity contribution in [1.82, 2.24) is 4.57 Å². The van der Waals surface area contributed by atoms with Crippen LogP contribution in [0.3, 0.4) is 0 Å². The fourth-order valence-corrected chi connectivity index (χ4v) is 4.81. The first kappa shape index (κ1) is 21.0. The summed E-state index contributed by atoms with van der Waals surface area (Å²) in [5.41, 5.74) is 1.25. The van der Waals surface area contributed by atoms with Crippen molar-refractivity contribution in [3.8, 4) is 5.75 Å². The first-order valence-electron chi connectivity index (χ1n) is 10.3. The SMILES string of the molecule is Cc1c([C@H](CC2CCCC2)C(=O)O)c2cc(O)ccc2n1C(=O)c1ccc(F)c(F)c1. The maximum Gasteiger partial charge on any atom is 0.311 e. The molecule has 162 valence electrons. The minimum Gasteiger partial charge on any atom is -0.508 e. The maximum absolute atomic E-state index is 13.7. The van der Waals surface area contributed by atoms with Crippen LogP contribution in [-0.2, 0) is 4.79 Å². The standard InChI is InChI=1S/C24H23F2NO4/c1-13-22(18(24(30)31)10-14-4-2-3-5-14)17-12-16(28)7-9-21(17)27(13)23(29)15-6-8-19(25)20(26)11-15/h6-9,11-12,14,18,28H,2-5,10H2,1H3,(H,30,31)/t18-/m0/s1. The molecule has 1 atom stereocenters. The molecule has 7 heteroatoms. The molecular formula is C24H23F2NO4. The zero-order valence-electron chi connectivity index (χ0n) is 17.1. The van der Waals surface area contributed by atoms with Gasteiger partial charge < -0.3 is 10.2 Å². The fourth-order valence-electron chi connectivity index (χ4n) is 4.81. The zero-order valence-corrected chi connectivity index (χ0v) is 17.1. The van der Waals surface area contributed by atoms with Crippen LogP contribution in [0.25, 0.3) is 10.9 Å². The number of phenols is 1. The predicted octanol–water partition coefficient (Wildman–Crippen LogP) is 5.37. The summed E-state index contributed by atoms with van der Waals surface area (Å²) in [6.45, 7) is 1.65. The van der Waals surface area contributed by atoms with E-state index in [0.717, 1.165) is 37.8 Å². The van der Waals surface area contributed by atoms with Crippen molar-refractivity contribution < 1.29 is 28.6 Å². The van der Waals surface area contributed by atoms with Gasteiger partial charge in [-0.05, 0) is 61.2 Å². The highest BCUT2D eigenvalue weighted by Crippen LogP contribution is 2.40. The Kier molecular flexibility index (Phi) is 5.52. The Morgan fingerprint density at radius 2 is 1.81 bits per heavy atom. The summed E-state index contributed by atoms with van der Waals surface area (Å²) in [7, 11) is 0. The van der Waals surface area contributed by atoms with Gasteiger partial charge in [-0.15, -0.1) is 0 Å². The monoisotopic (exact) mass is 427 g/mol. The highest BCUT2D eigenvalue weighted by Gasteiger charge is 2.32. The Balaban J connectivity index is 1.89. The van der Waals surface area contributed by atoms with Gasteiger partial charge in [0.15, 0.2) is 11.6 Å². The van der Waals surface area contributed by atoms with Crippen molar-refractivity contribution >= 4 is 22.8 Å². The summed E-state index contributed by atoms with van der Waals surface area (Å²) in [5.74, 6) is -4.37. The van der Waals surface area contributed by atoms with Crippen LogP contribution in [0.15, 0.2) is 36.4 Å². The number of aromatic nitrogens is 1. The van der Waals surface area contributed by atoms with Gasteiger partial charge in [0, 0.05) is 16.6 Å². The summed E-state index contributed by atoms with van der Waals surface area (Å²) in [6.07, 6.45) is 4.55. The molecule has 3 aromatic rings. The molecular weight excluding hydrogens is 404 g/mol. The lowest BCUT2D eigenvalue weighted by atomic mass is 9.86. The molecule has 1 saturated carbocycles. The van der Waals surface area contributed by atoms with Crippen molar-refractivity contribution in [2.45, 2.75) is 44.9 Å². The number of hydrogen-bond acceptors (Lipinski definition) is 3. The number of rotatable bonds is 5. The van der Waals surface area contributed by atoms with Gasteiger partial charge in [-0.2, -0.15) is 0 Å². The van der Waals surface area contributed by atoms with E-state index in [9.17, 15) is 28.6 Å². The van der Waals surface area contributed by atoms with Gasteiger partial charge in [0.25, 0.3) is 5.91 Å². The van der Waals surface area contributed by atoms with E-state index in [-0.39, 0.29) is 17.2 Å². The van der Waals surface area contributed by atoms with Crippen molar-refractivity contribution in [1.29, 1.82) is 0 Å². The van der Waals surface area contributed by atoms with Crippen LogP contribution in [0.5, 0.6) is 5.75 Å². The highest BCUT2D eigenvalue weighted by atomic mass is 19.2. The quantitative estimate of drug-likeness (QED) is 0.574. The third-order valence-electron chi connectivity index (χ3n) is 6.30. The number of carboxylic acids is 1. The summed E-state index contributed by atoms with van der Waals surface area (Å²) in [6, 6.07) is 7.31. The van der Waals surface area contributed by atoms with Crippen LogP contribution in [0.4, 0.5) is 8.78 Å². The second kappa shape index (κ2) is 8.13. The zero-order chi connectivity index (χ0) is 22.3. The van der Waals surface area contributed by atoms with Crippen LogP contribution < -0.4 is 0 Å². The van der Waals surface area contributed by atoms with Crippen LogP contribution in [0.2, 0.25) is 0 Å². The van der Waals surface area contributed by atoms with E-state index >= 15 is 0 Å². The number of nitrogens with zero attached hydrogens (tertiary/aromatic N) is 1. The van der Waals surface area contributed by atoms with E-state index in [0.29, 0.717) is 28.6 Å². The average Bonchev–Trinajstić information content (AvgIpc) is 3.33. The largest absolute Gasteiger partial charge is 0.508 e. The Bertz CT molecular complexity index is 1180. The van der Waals surface area contributed by atoms with Crippen LogP contribution in [-0.4, -0.2) is 26.7 Å². The molecule has 1 fully saturated rings. The number of aliphatic carboxylic acids is 1. The Hall–Kier alpha value is -3.22. The minimum absolute atomic E-state index is 0.0452. The molecule has 1 aliphatic rings. The summed E-state index contributed by atoms with van der Waals surface area (Å²) in [4.78, 5) is 25.5. The number of fused-ring (bicyclic) bond motifs is 1. The number of hydrogen-bond donors (Lipinski definition) is 2. The molecule has 4 rings (SSSR count). The third-order valence-corrected chi connectivity index (χ3v) is 6.30. The van der Waals surface area contributed by atoms with Gasteiger partial charge in [0.2, 0.25) is 0 Å². The van der Waals surface area contributed by atoms with E-state index in [1.807, 2.05) is 0 Å². The van der Waals surface area contributed by atoms with Crippen LogP contribution >= 0.6 is 0 Å². The molecule has 2 aromatic carbocycles. The molecule has 31 heavy (non-hydrogen) atoms. The molecule has 1 aromatic heterocycles. The maximum atomic E-state index is 13.7. The van der Waals surface area contributed by atoms with Crippen molar-refractivity contribution in [3.05, 3.63) is 64.9 Å². The molecule has 0 spiro atoms. The summed E-state index contributed by atoms with van der Waals surface area (Å²) >= 11 is 0. The second-order valence-corrected chi connectivity index (χ2v) is 8.25. The van der Waals surface area contributed by atoms with Gasteiger partial charge in [-0.25, -0.2) is 8.78 Å². The summed E-state index contributed by atoms with van der Waals surface area (Å²) in [5, 5.41) is 20.5. The number of carboxylic acid groups (broad SMARTS) is 1. The van der Waals surface area contributed by atoms with Gasteiger partial charge in [-0.1, -0.05) is 25.7 Å². The normalized spacial score (nSPS) is 15.5. The van der Waals surface area contributed by atoms with Gasteiger partial charge in [0.1, 0.15) is 5.75 Å². The molecule has 0 saturated heterocycles. The van der Waals surface area contributed by atoms with Gasteiger partial charge >= 0.3 is 5.97 Å². The molecule has 0 unspecified atom stereocenters. The topological polar surface area (TPSA) is 79.5 Å². The molecule has 0 amide bonds. The Morgan fingerprint density at radius 3 is 2.45 bits per heavy atom. The molecule has 0 radical (unpaired) electrons. The number of carbonyl (C=O) groups excluding carboxylic acids is 1. The lowest BCUT2D eigenvalue weighted by Gasteiger charge is -2.18. The van der Waals surface area contributed by atoms with Gasteiger partial charge in [-0.3, -0.25) is 14.2 Å². The number of halogens is 2. The van der Waals surface area contributed by atoms with Crippen LogP contribution in [0, 0.1) is 24.5 Å². The van der Waals surface area contributed by atoms with E-state index in [1.165, 1.54) is 28.8 Å². The smallest absolute Gasteiger partial charge is 0.311 e. The van der Waals surface area contributed by atoms with Gasteiger partial charge in [0.05, 0.1) is 11.4 Å². The van der Waals surface area contributed by atoms with E-state index in [1.54, 1.807) is 6.92 Å². The Morgan fingerprint density at radius 1 is 1.10 bits per heavy atom.